The van der Waals surface area contributed by atoms with E-state index in [1.54, 1.807) is 0 Å². The van der Waals surface area contributed by atoms with E-state index in [1.165, 1.54) is 205 Å². The Morgan fingerprint density at radius 3 is 0.588 bits per heavy atom. The molecule has 2 rings (SSSR count). The normalized spacial score (nSPS) is 11.2. The second-order valence-corrected chi connectivity index (χ2v) is 28.9. The molecular formula is C80H130CaO14S2. The Kier molecular flexibility index (Phi) is 63.2. The van der Waals surface area contributed by atoms with Gasteiger partial charge in [-0.25, -0.2) is 36.0 Å². The van der Waals surface area contributed by atoms with E-state index in [2.05, 4.69) is 26.3 Å². The van der Waals surface area contributed by atoms with E-state index in [1.807, 2.05) is 24.3 Å². The number of benzene rings is 2. The quantitative estimate of drug-likeness (QED) is 0.0150. The summed E-state index contributed by atoms with van der Waals surface area (Å²) in [5.41, 5.74) is -0.696. The van der Waals surface area contributed by atoms with Crippen LogP contribution in [-0.4, -0.2) is 114 Å². The van der Waals surface area contributed by atoms with Gasteiger partial charge in [0, 0.05) is 0 Å². The molecule has 17 heteroatoms. The van der Waals surface area contributed by atoms with Crippen molar-refractivity contribution in [2.75, 3.05) is 26.4 Å². The smallest absolute Gasteiger partial charge is 0.744 e. The molecule has 97 heavy (non-hydrogen) atoms. The molecule has 0 fully saturated rings. The Morgan fingerprint density at radius 2 is 0.423 bits per heavy atom. The molecule has 0 atom stereocenters. The summed E-state index contributed by atoms with van der Waals surface area (Å²) in [7, 11) is -9.62. The van der Waals surface area contributed by atoms with Gasteiger partial charge in [-0.05, 0) is 113 Å². The zero-order valence-corrected chi connectivity index (χ0v) is 64.3. The Bertz CT molecular complexity index is 2410. The number of carbonyl (C=O) groups is 4. The van der Waals surface area contributed by atoms with E-state index < -0.39 is 53.9 Å². The fourth-order valence-electron chi connectivity index (χ4n) is 11.7. The third kappa shape index (κ3) is 53.8. The number of rotatable bonds is 66. The molecule has 0 aliphatic carbocycles. The van der Waals surface area contributed by atoms with Crippen molar-refractivity contribution in [3.63, 3.8) is 0 Å². The molecule has 14 nitrogen and oxygen atoms in total. The number of allylic oxidation sites excluding steroid dienone is 4. The fraction of sp³-hybridized carbons (Fsp3) is 0.700. The van der Waals surface area contributed by atoms with Crippen molar-refractivity contribution >= 4 is 81.9 Å². The molecular weight excluding hydrogens is 1290 g/mol. The van der Waals surface area contributed by atoms with Gasteiger partial charge in [-0.15, -0.1) is 26.3 Å². The molecule has 0 saturated heterocycles. The van der Waals surface area contributed by atoms with Crippen molar-refractivity contribution in [2.24, 2.45) is 0 Å². The first kappa shape index (κ1) is 93.4. The predicted molar refractivity (Wildman–Crippen MR) is 397 cm³/mol. The molecule has 0 spiro atoms. The van der Waals surface area contributed by atoms with E-state index in [0.717, 1.165) is 139 Å². The summed E-state index contributed by atoms with van der Waals surface area (Å²) in [6.07, 6.45) is 68.6. The van der Waals surface area contributed by atoms with Crippen molar-refractivity contribution in [1.29, 1.82) is 0 Å². The van der Waals surface area contributed by atoms with Crippen LogP contribution in [0.25, 0.3) is 0 Å². The van der Waals surface area contributed by atoms with Crippen LogP contribution in [0.4, 0.5) is 0 Å². The maximum Gasteiger partial charge on any atom is 2.00 e. The Morgan fingerprint density at radius 1 is 0.268 bits per heavy atom. The molecule has 2 aromatic rings. The van der Waals surface area contributed by atoms with Crippen molar-refractivity contribution in [2.45, 2.75) is 344 Å². The van der Waals surface area contributed by atoms with Gasteiger partial charge in [-0.3, -0.25) is 0 Å². The summed E-state index contributed by atoms with van der Waals surface area (Å²) in [6, 6.07) is 6.23. The monoisotopic (exact) mass is 1420 g/mol. The topological polar surface area (TPSA) is 220 Å². The van der Waals surface area contributed by atoms with Crippen molar-refractivity contribution in [1.82, 2.24) is 0 Å². The van der Waals surface area contributed by atoms with E-state index in [0.29, 0.717) is 25.7 Å². The third-order valence-electron chi connectivity index (χ3n) is 17.6. The molecule has 548 valence electrons. The Hall–Kier alpha value is -3.64. The van der Waals surface area contributed by atoms with Gasteiger partial charge in [-0.1, -0.05) is 281 Å². The van der Waals surface area contributed by atoms with Crippen molar-refractivity contribution in [3.8, 4) is 0 Å². The van der Waals surface area contributed by atoms with E-state index in [-0.39, 0.29) is 86.4 Å². The van der Waals surface area contributed by atoms with E-state index >= 15 is 0 Å². The van der Waals surface area contributed by atoms with Gasteiger partial charge >= 0.3 is 61.6 Å². The molecule has 0 aliphatic rings. The van der Waals surface area contributed by atoms with E-state index in [9.17, 15) is 45.1 Å². The first-order chi connectivity index (χ1) is 46.6. The first-order valence-electron chi connectivity index (χ1n) is 37.9. The maximum atomic E-state index is 12.9. The minimum Gasteiger partial charge on any atom is -0.744 e. The molecule has 0 N–H and O–H groups in total. The molecule has 2 aromatic carbocycles. The molecule has 0 aromatic heterocycles. The zero-order chi connectivity index (χ0) is 70.3. The summed E-state index contributed by atoms with van der Waals surface area (Å²) in [5.74, 6) is -3.11. The van der Waals surface area contributed by atoms with Gasteiger partial charge in [0.25, 0.3) is 0 Å². The van der Waals surface area contributed by atoms with Gasteiger partial charge in [-0.2, -0.15) is 0 Å². The summed E-state index contributed by atoms with van der Waals surface area (Å²) in [5, 5.41) is 0. The minimum atomic E-state index is -4.81. The molecule has 0 heterocycles. The number of hydrogen-bond donors (Lipinski definition) is 0. The van der Waals surface area contributed by atoms with Crippen LogP contribution < -0.4 is 0 Å². The standard InChI is InChI=1S/2C40H66O7S.Ca/c2*1-3-5-7-9-11-13-15-17-19-21-23-25-27-29-33-46-39(41)37-32-31-36(48(43,44)45)35-38(37)40(42)47-34-30-28-26-24-22-20-18-16-14-12-10-8-6-4-2;/h2*3-4,31-32,35H,1-2,5-30,33-34H2,(H,43,44,45);/q;;+2/p-2. The van der Waals surface area contributed by atoms with Gasteiger partial charge in [0.1, 0.15) is 20.2 Å². The average Bonchev–Trinajstić information content (AvgIpc) is 0.828. The summed E-state index contributed by atoms with van der Waals surface area (Å²) < 4.78 is 91.1. The average molecular weight is 1420 g/mol. The van der Waals surface area contributed by atoms with Gasteiger partial charge in [0.05, 0.1) is 58.5 Å². The summed E-state index contributed by atoms with van der Waals surface area (Å²) in [4.78, 5) is 50.2. The first-order valence-corrected chi connectivity index (χ1v) is 40.8. The maximum absolute atomic E-state index is 12.9. The van der Waals surface area contributed by atoms with Gasteiger partial charge < -0.3 is 28.1 Å². The Balaban J connectivity index is 0.00000188. The number of esters is 4. The molecule has 0 amide bonds. The fourth-order valence-corrected chi connectivity index (χ4v) is 12.6. The SMILES string of the molecule is C=CCCCCCCCCCCCCCCOC(=O)c1ccc(S(=O)(=O)[O-])cc1C(=O)OCCCCCCCCCCCCCCC=C.C=CCCCCCCCCCCCCCCOC(=O)c1ccc(S(=O)(=O)[O-])cc1C(=O)OCCCCCCCCCCCCCCC=C.[Ca+2]. The van der Waals surface area contributed by atoms with Crippen LogP contribution in [0.15, 0.2) is 96.8 Å². The van der Waals surface area contributed by atoms with Gasteiger partial charge in [0.2, 0.25) is 0 Å². The summed E-state index contributed by atoms with van der Waals surface area (Å²) in [6.45, 7) is 15.8. The van der Waals surface area contributed by atoms with Crippen LogP contribution >= 0.6 is 0 Å². The minimum absolute atomic E-state index is 0. The van der Waals surface area contributed by atoms with Gasteiger partial charge in [0.15, 0.2) is 0 Å². The molecule has 0 saturated carbocycles. The summed E-state index contributed by atoms with van der Waals surface area (Å²) >= 11 is 0. The van der Waals surface area contributed by atoms with Crippen LogP contribution in [0.1, 0.15) is 375 Å². The number of unbranched alkanes of at least 4 members (excludes halogenated alkanes) is 48. The van der Waals surface area contributed by atoms with Crippen molar-refractivity contribution in [3.05, 3.63) is 109 Å². The van der Waals surface area contributed by atoms with Crippen LogP contribution in [-0.2, 0) is 39.2 Å². The molecule has 0 aliphatic heterocycles. The second kappa shape index (κ2) is 65.7. The molecule has 0 radical (unpaired) electrons. The third-order valence-corrected chi connectivity index (χ3v) is 19.2. The molecule has 0 bridgehead atoms. The predicted octanol–water partition coefficient (Wildman–Crippen LogP) is 22.5. The van der Waals surface area contributed by atoms with E-state index in [4.69, 9.17) is 18.9 Å². The van der Waals surface area contributed by atoms with Crippen molar-refractivity contribution < 1.29 is 64.1 Å². The van der Waals surface area contributed by atoms with Crippen LogP contribution in [0, 0.1) is 0 Å². The Labute approximate surface area is 620 Å². The van der Waals surface area contributed by atoms with Crippen LogP contribution in [0.2, 0.25) is 0 Å². The number of carbonyl (C=O) groups excluding carboxylic acids is 4. The number of hydrogen-bond acceptors (Lipinski definition) is 14. The van der Waals surface area contributed by atoms with Crippen LogP contribution in [0.5, 0.6) is 0 Å². The largest absolute Gasteiger partial charge is 2.00 e. The zero-order valence-electron chi connectivity index (χ0n) is 60.4. The second-order valence-electron chi connectivity index (χ2n) is 26.1. The van der Waals surface area contributed by atoms with Crippen LogP contribution in [0.3, 0.4) is 0 Å². The molecule has 0 unspecified atom stereocenters. The number of ether oxygens (including phenoxy) is 4.